The van der Waals surface area contributed by atoms with Crippen LogP contribution in [0.4, 0.5) is 18.0 Å². The molecule has 0 aromatic heterocycles. The maximum absolute atomic E-state index is 11.7. The zero-order valence-corrected chi connectivity index (χ0v) is 9.11. The lowest BCUT2D eigenvalue weighted by atomic mass is 10.2. The molecule has 0 aromatic carbocycles. The summed E-state index contributed by atoms with van der Waals surface area (Å²) in [6.45, 7) is 0. The molecule has 0 spiro atoms. The van der Waals surface area contributed by atoms with Crippen molar-refractivity contribution in [1.82, 2.24) is 10.6 Å². The molecule has 16 heavy (non-hydrogen) atoms. The van der Waals surface area contributed by atoms with E-state index < -0.39 is 24.3 Å². The molecule has 0 saturated carbocycles. The van der Waals surface area contributed by atoms with Crippen LogP contribution in [0.1, 0.15) is 6.42 Å². The molecule has 0 aliphatic rings. The number of hydrogen-bond acceptors (Lipinski definition) is 3. The topological polar surface area (TPSA) is 78.4 Å². The standard InChI is InChI=1S/C7H11F3N2O3S/c1-16-3-2-4(5(13)14)11-6(15)12-7(8,9)10/h4H,2-3H2,1H3,(H,13,14)(H2,11,12,15). The number of rotatable bonds is 5. The first kappa shape index (κ1) is 14.9. The fraction of sp³-hybridized carbons (Fsp3) is 0.714. The molecule has 5 nitrogen and oxygen atoms in total. The second-order valence-electron chi connectivity index (χ2n) is 2.77. The minimum Gasteiger partial charge on any atom is -0.480 e. The average molecular weight is 260 g/mol. The van der Waals surface area contributed by atoms with E-state index in [1.165, 1.54) is 11.8 Å². The molecule has 0 saturated heterocycles. The van der Waals surface area contributed by atoms with Gasteiger partial charge in [0.05, 0.1) is 0 Å². The van der Waals surface area contributed by atoms with Gasteiger partial charge in [0.2, 0.25) is 0 Å². The van der Waals surface area contributed by atoms with Crippen molar-refractivity contribution < 1.29 is 27.9 Å². The highest BCUT2D eigenvalue weighted by Gasteiger charge is 2.31. The van der Waals surface area contributed by atoms with Crippen LogP contribution >= 0.6 is 11.8 Å². The quantitative estimate of drug-likeness (QED) is 0.645. The molecule has 0 fully saturated rings. The van der Waals surface area contributed by atoms with Crippen LogP contribution in [0.25, 0.3) is 0 Å². The third kappa shape index (κ3) is 7.21. The smallest absolute Gasteiger partial charge is 0.480 e. The summed E-state index contributed by atoms with van der Waals surface area (Å²) in [6, 6.07) is -2.89. The second-order valence-corrected chi connectivity index (χ2v) is 3.75. The number of urea groups is 1. The van der Waals surface area contributed by atoms with E-state index in [1.807, 2.05) is 0 Å². The fourth-order valence-electron chi connectivity index (χ4n) is 0.816. The van der Waals surface area contributed by atoms with Crippen molar-refractivity contribution in [3.63, 3.8) is 0 Å². The number of carboxylic acids is 1. The number of alkyl halides is 3. The monoisotopic (exact) mass is 260 g/mol. The van der Waals surface area contributed by atoms with Gasteiger partial charge in [0.25, 0.3) is 0 Å². The first-order valence-corrected chi connectivity index (χ1v) is 5.53. The molecule has 1 atom stereocenters. The Kier molecular flexibility index (Phi) is 6.01. The number of halogens is 3. The van der Waals surface area contributed by atoms with Gasteiger partial charge in [0.15, 0.2) is 0 Å². The summed E-state index contributed by atoms with van der Waals surface area (Å²) in [4.78, 5) is 21.3. The van der Waals surface area contributed by atoms with Gasteiger partial charge in [0.1, 0.15) is 6.04 Å². The molecule has 1 unspecified atom stereocenters. The SMILES string of the molecule is CSCCC(NC(=O)NC(F)(F)F)C(=O)O. The number of carbonyl (C=O) groups excluding carboxylic acids is 1. The molecule has 9 heteroatoms. The first-order chi connectivity index (χ1) is 7.26. The Morgan fingerprint density at radius 3 is 2.38 bits per heavy atom. The highest BCUT2D eigenvalue weighted by molar-refractivity contribution is 7.98. The number of aliphatic carboxylic acids is 1. The summed E-state index contributed by atoms with van der Waals surface area (Å²) in [5, 5.41) is 11.0. The van der Waals surface area contributed by atoms with E-state index >= 15 is 0 Å². The Hall–Kier alpha value is -1.12. The fourth-order valence-corrected chi connectivity index (χ4v) is 1.29. The molecule has 0 radical (unpaired) electrons. The summed E-state index contributed by atoms with van der Waals surface area (Å²) in [6.07, 6.45) is -3.09. The number of nitrogens with one attached hydrogen (secondary N) is 2. The summed E-state index contributed by atoms with van der Waals surface area (Å²) in [7, 11) is 0. The summed E-state index contributed by atoms with van der Waals surface area (Å²) < 4.78 is 35.1. The van der Waals surface area contributed by atoms with E-state index in [2.05, 4.69) is 0 Å². The predicted molar refractivity (Wildman–Crippen MR) is 52.1 cm³/mol. The van der Waals surface area contributed by atoms with Crippen molar-refractivity contribution in [1.29, 1.82) is 0 Å². The van der Waals surface area contributed by atoms with Crippen LogP contribution in [0.2, 0.25) is 0 Å². The number of carboxylic acid groups (broad SMARTS) is 1. The van der Waals surface area contributed by atoms with E-state index in [9.17, 15) is 22.8 Å². The van der Waals surface area contributed by atoms with Crippen LogP contribution in [0, 0.1) is 0 Å². The van der Waals surface area contributed by atoms with Crippen LogP contribution in [0.3, 0.4) is 0 Å². The van der Waals surface area contributed by atoms with Crippen LogP contribution in [0.5, 0.6) is 0 Å². The molecule has 0 bridgehead atoms. The van der Waals surface area contributed by atoms with Crippen molar-refractivity contribution in [2.45, 2.75) is 18.8 Å². The van der Waals surface area contributed by atoms with Crippen molar-refractivity contribution in [3.8, 4) is 0 Å². The highest BCUT2D eigenvalue weighted by atomic mass is 32.2. The molecular formula is C7H11F3N2O3S. The minimum atomic E-state index is -4.87. The van der Waals surface area contributed by atoms with E-state index in [1.54, 1.807) is 11.6 Å². The Bertz CT molecular complexity index is 260. The normalized spacial score (nSPS) is 13.0. The summed E-state index contributed by atoms with van der Waals surface area (Å²) in [5.41, 5.74) is 0. The second kappa shape index (κ2) is 6.46. The van der Waals surface area contributed by atoms with E-state index in [-0.39, 0.29) is 6.42 Å². The van der Waals surface area contributed by atoms with Crippen molar-refractivity contribution >= 4 is 23.8 Å². The summed E-state index contributed by atoms with van der Waals surface area (Å²) in [5.74, 6) is -0.949. The number of thioether (sulfide) groups is 1. The lowest BCUT2D eigenvalue weighted by Crippen LogP contribution is -2.50. The van der Waals surface area contributed by atoms with E-state index in [4.69, 9.17) is 5.11 Å². The third-order valence-electron chi connectivity index (χ3n) is 1.47. The molecule has 3 N–H and O–H groups in total. The Morgan fingerprint density at radius 2 is 2.00 bits per heavy atom. The molecular weight excluding hydrogens is 249 g/mol. The zero-order valence-electron chi connectivity index (χ0n) is 8.30. The number of hydrogen-bond donors (Lipinski definition) is 3. The molecule has 2 amide bonds. The van der Waals surface area contributed by atoms with E-state index in [0.29, 0.717) is 11.1 Å². The van der Waals surface area contributed by atoms with Gasteiger partial charge in [-0.2, -0.15) is 24.9 Å². The van der Waals surface area contributed by atoms with Crippen molar-refractivity contribution in [2.24, 2.45) is 0 Å². The maximum atomic E-state index is 11.7. The van der Waals surface area contributed by atoms with Gasteiger partial charge in [-0.1, -0.05) is 0 Å². The number of amides is 2. The Labute approximate surface area is 93.8 Å². The van der Waals surface area contributed by atoms with Gasteiger partial charge >= 0.3 is 18.3 Å². The van der Waals surface area contributed by atoms with Crippen molar-refractivity contribution in [2.75, 3.05) is 12.0 Å². The lowest BCUT2D eigenvalue weighted by Gasteiger charge is -2.15. The van der Waals surface area contributed by atoms with Crippen LogP contribution in [-0.4, -0.2) is 41.5 Å². The predicted octanol–water partition coefficient (Wildman–Crippen LogP) is 1.01. The summed E-state index contributed by atoms with van der Waals surface area (Å²) >= 11 is 1.33. The largest absolute Gasteiger partial charge is 0.485 e. The first-order valence-electron chi connectivity index (χ1n) is 4.13. The number of carbonyl (C=O) groups is 2. The van der Waals surface area contributed by atoms with Gasteiger partial charge < -0.3 is 10.4 Å². The minimum absolute atomic E-state index is 0.0573. The van der Waals surface area contributed by atoms with Crippen LogP contribution in [-0.2, 0) is 4.79 Å². The molecule has 0 rings (SSSR count). The zero-order chi connectivity index (χ0) is 12.8. The van der Waals surface area contributed by atoms with Gasteiger partial charge in [-0.05, 0) is 18.4 Å². The lowest BCUT2D eigenvalue weighted by molar-refractivity contribution is -0.147. The molecule has 94 valence electrons. The Balaban J connectivity index is 4.19. The average Bonchev–Trinajstić information content (AvgIpc) is 2.08. The van der Waals surface area contributed by atoms with Gasteiger partial charge in [-0.15, -0.1) is 0 Å². The maximum Gasteiger partial charge on any atom is 0.485 e. The molecule has 0 heterocycles. The van der Waals surface area contributed by atoms with E-state index in [0.717, 1.165) is 0 Å². The molecule has 0 aliphatic heterocycles. The van der Waals surface area contributed by atoms with Crippen LogP contribution in [0.15, 0.2) is 0 Å². The Morgan fingerprint density at radius 1 is 1.44 bits per heavy atom. The van der Waals surface area contributed by atoms with Gasteiger partial charge in [-0.3, -0.25) is 0 Å². The molecule has 0 aliphatic carbocycles. The third-order valence-corrected chi connectivity index (χ3v) is 2.11. The van der Waals surface area contributed by atoms with Gasteiger partial charge in [-0.25, -0.2) is 14.9 Å². The molecule has 0 aromatic rings. The van der Waals surface area contributed by atoms with Gasteiger partial charge in [0, 0.05) is 0 Å². The van der Waals surface area contributed by atoms with Crippen LogP contribution < -0.4 is 10.6 Å². The highest BCUT2D eigenvalue weighted by Crippen LogP contribution is 2.09. The van der Waals surface area contributed by atoms with Crippen molar-refractivity contribution in [3.05, 3.63) is 0 Å².